The molecule has 0 aliphatic heterocycles. The predicted molar refractivity (Wildman–Crippen MR) is 125 cm³/mol. The van der Waals surface area contributed by atoms with Crippen LogP contribution in [0.15, 0.2) is 66.7 Å². The first-order valence-corrected chi connectivity index (χ1v) is 10.6. The summed E-state index contributed by atoms with van der Waals surface area (Å²) in [4.78, 5) is 26.6. The maximum absolute atomic E-state index is 13.7. The van der Waals surface area contributed by atoms with Crippen LogP contribution >= 0.6 is 0 Å². The molecule has 0 fully saturated rings. The van der Waals surface area contributed by atoms with Crippen LogP contribution in [-0.2, 0) is 4.79 Å². The standard InChI is InChI=1S/C26H27FN2O4/c1-18-14-19(2)16-20(15-18)32-13-12-29(3)26(31)21-8-4-7-11-24(21)33-17-25(30)28-23-10-6-5-9-22(23)27/h4-11,14-16H,12-13,17H2,1-3H3,(H,28,30). The highest BCUT2D eigenvalue weighted by atomic mass is 19.1. The van der Waals surface area contributed by atoms with Crippen LogP contribution in [0.3, 0.4) is 0 Å². The van der Waals surface area contributed by atoms with Crippen LogP contribution in [-0.4, -0.2) is 43.5 Å². The molecule has 0 aliphatic rings. The number of rotatable bonds is 9. The van der Waals surface area contributed by atoms with Crippen LogP contribution < -0.4 is 14.8 Å². The fourth-order valence-electron chi connectivity index (χ4n) is 3.29. The fourth-order valence-corrected chi connectivity index (χ4v) is 3.29. The van der Waals surface area contributed by atoms with Crippen LogP contribution in [0.1, 0.15) is 21.5 Å². The summed E-state index contributed by atoms with van der Waals surface area (Å²) in [5.74, 6) is -0.293. The number of ether oxygens (including phenoxy) is 2. The van der Waals surface area contributed by atoms with Crippen LogP contribution in [0.2, 0.25) is 0 Å². The summed E-state index contributed by atoms with van der Waals surface area (Å²) in [6.45, 7) is 4.34. The molecule has 0 heterocycles. The summed E-state index contributed by atoms with van der Waals surface area (Å²) in [5.41, 5.74) is 2.61. The quantitative estimate of drug-likeness (QED) is 0.517. The zero-order valence-corrected chi connectivity index (χ0v) is 18.9. The van der Waals surface area contributed by atoms with E-state index in [1.54, 1.807) is 37.4 Å². The third kappa shape index (κ3) is 6.80. The normalized spacial score (nSPS) is 10.4. The number of benzene rings is 3. The molecule has 0 atom stereocenters. The summed E-state index contributed by atoms with van der Waals surface area (Å²) < 4.78 is 25.1. The van der Waals surface area contributed by atoms with Gasteiger partial charge in [-0.15, -0.1) is 0 Å². The molecule has 2 amide bonds. The van der Waals surface area contributed by atoms with Crippen molar-refractivity contribution in [1.82, 2.24) is 4.90 Å². The molecule has 0 saturated heterocycles. The van der Waals surface area contributed by atoms with Crippen molar-refractivity contribution in [3.63, 3.8) is 0 Å². The first-order valence-electron chi connectivity index (χ1n) is 10.6. The second-order valence-electron chi connectivity index (χ2n) is 7.71. The molecule has 3 rings (SSSR count). The smallest absolute Gasteiger partial charge is 0.262 e. The maximum atomic E-state index is 13.7. The second-order valence-corrected chi connectivity index (χ2v) is 7.71. The van der Waals surface area contributed by atoms with E-state index < -0.39 is 11.7 Å². The van der Waals surface area contributed by atoms with Gasteiger partial charge in [-0.25, -0.2) is 4.39 Å². The van der Waals surface area contributed by atoms with Crippen molar-refractivity contribution in [2.75, 3.05) is 32.1 Å². The highest BCUT2D eigenvalue weighted by molar-refractivity contribution is 5.97. The minimum Gasteiger partial charge on any atom is -0.492 e. The number of amides is 2. The van der Waals surface area contributed by atoms with Gasteiger partial charge >= 0.3 is 0 Å². The molecule has 1 N–H and O–H groups in total. The molecule has 0 aliphatic carbocycles. The summed E-state index contributed by atoms with van der Waals surface area (Å²) in [5, 5.41) is 2.45. The van der Waals surface area contributed by atoms with Gasteiger partial charge in [0.05, 0.1) is 17.8 Å². The van der Waals surface area contributed by atoms with E-state index in [0.29, 0.717) is 18.7 Å². The van der Waals surface area contributed by atoms with Gasteiger partial charge < -0.3 is 19.7 Å². The average Bonchev–Trinajstić information content (AvgIpc) is 2.78. The van der Waals surface area contributed by atoms with Gasteiger partial charge in [-0.3, -0.25) is 9.59 Å². The zero-order valence-electron chi connectivity index (χ0n) is 18.9. The van der Waals surface area contributed by atoms with Gasteiger partial charge in [0, 0.05) is 7.05 Å². The topological polar surface area (TPSA) is 67.9 Å². The van der Waals surface area contributed by atoms with Gasteiger partial charge in [0.25, 0.3) is 11.8 Å². The molecule has 0 bridgehead atoms. The zero-order chi connectivity index (χ0) is 23.8. The summed E-state index contributed by atoms with van der Waals surface area (Å²) in [6.07, 6.45) is 0. The highest BCUT2D eigenvalue weighted by Gasteiger charge is 2.17. The minimum absolute atomic E-state index is 0.0685. The number of hydrogen-bond acceptors (Lipinski definition) is 4. The van der Waals surface area contributed by atoms with E-state index in [2.05, 4.69) is 11.4 Å². The van der Waals surface area contributed by atoms with Gasteiger partial charge in [0.2, 0.25) is 0 Å². The van der Waals surface area contributed by atoms with Gasteiger partial charge in [-0.2, -0.15) is 0 Å². The molecule has 0 radical (unpaired) electrons. The molecule has 7 heteroatoms. The first kappa shape index (κ1) is 23.8. The largest absolute Gasteiger partial charge is 0.492 e. The lowest BCUT2D eigenvalue weighted by Gasteiger charge is -2.19. The van der Waals surface area contributed by atoms with Crippen molar-refractivity contribution in [3.05, 3.63) is 89.2 Å². The van der Waals surface area contributed by atoms with Crippen LogP contribution in [0, 0.1) is 19.7 Å². The Kier molecular flexibility index (Phi) is 8.02. The van der Waals surface area contributed by atoms with E-state index >= 15 is 0 Å². The summed E-state index contributed by atoms with van der Waals surface area (Å²) in [6, 6.07) is 18.5. The lowest BCUT2D eigenvalue weighted by molar-refractivity contribution is -0.118. The number of likely N-dealkylation sites (N-methyl/N-ethyl adjacent to an activating group) is 1. The molecule has 0 spiro atoms. The van der Waals surface area contributed by atoms with Crippen molar-refractivity contribution >= 4 is 17.5 Å². The molecule has 6 nitrogen and oxygen atoms in total. The number of carbonyl (C=O) groups excluding carboxylic acids is 2. The number of nitrogens with one attached hydrogen (secondary N) is 1. The third-order valence-corrected chi connectivity index (χ3v) is 4.86. The van der Waals surface area contributed by atoms with Gasteiger partial charge in [0.1, 0.15) is 23.9 Å². The Morgan fingerprint density at radius 3 is 2.33 bits per heavy atom. The lowest BCUT2D eigenvalue weighted by Crippen LogP contribution is -2.31. The molecule has 0 saturated carbocycles. The summed E-state index contributed by atoms with van der Waals surface area (Å²) >= 11 is 0. The Balaban J connectivity index is 1.56. The number of nitrogens with zero attached hydrogens (tertiary/aromatic N) is 1. The molecule has 3 aromatic rings. The molecular weight excluding hydrogens is 423 g/mol. The minimum atomic E-state index is -0.536. The fraction of sp³-hybridized carbons (Fsp3) is 0.231. The summed E-state index contributed by atoms with van der Waals surface area (Å²) in [7, 11) is 1.68. The second kappa shape index (κ2) is 11.1. The van der Waals surface area contributed by atoms with Crippen molar-refractivity contribution in [2.24, 2.45) is 0 Å². The van der Waals surface area contributed by atoms with Crippen LogP contribution in [0.25, 0.3) is 0 Å². The van der Waals surface area contributed by atoms with Gasteiger partial charge in [-0.1, -0.05) is 30.3 Å². The maximum Gasteiger partial charge on any atom is 0.262 e. The predicted octanol–water partition coefficient (Wildman–Crippen LogP) is 4.61. The van der Waals surface area contributed by atoms with Gasteiger partial charge in [-0.05, 0) is 61.4 Å². The molecule has 0 aromatic heterocycles. The number of aryl methyl sites for hydroxylation is 2. The monoisotopic (exact) mass is 450 g/mol. The molecular formula is C26H27FN2O4. The number of para-hydroxylation sites is 2. The van der Waals surface area contributed by atoms with Gasteiger partial charge in [0.15, 0.2) is 6.61 Å². The van der Waals surface area contributed by atoms with E-state index in [0.717, 1.165) is 16.9 Å². The molecule has 172 valence electrons. The number of halogens is 1. The van der Waals surface area contributed by atoms with E-state index in [9.17, 15) is 14.0 Å². The SMILES string of the molecule is Cc1cc(C)cc(OCCN(C)C(=O)c2ccccc2OCC(=O)Nc2ccccc2F)c1. The number of carbonyl (C=O) groups is 2. The average molecular weight is 451 g/mol. The first-order chi connectivity index (χ1) is 15.8. The third-order valence-electron chi connectivity index (χ3n) is 4.86. The van der Waals surface area contributed by atoms with E-state index in [-0.39, 0.29) is 24.0 Å². The van der Waals surface area contributed by atoms with E-state index in [4.69, 9.17) is 9.47 Å². The number of anilines is 1. The van der Waals surface area contributed by atoms with Crippen molar-refractivity contribution in [1.29, 1.82) is 0 Å². The van der Waals surface area contributed by atoms with Crippen molar-refractivity contribution < 1.29 is 23.5 Å². The Labute approximate surface area is 192 Å². The molecule has 0 unspecified atom stereocenters. The highest BCUT2D eigenvalue weighted by Crippen LogP contribution is 2.20. The van der Waals surface area contributed by atoms with Crippen molar-refractivity contribution in [2.45, 2.75) is 13.8 Å². The lowest BCUT2D eigenvalue weighted by atomic mass is 10.1. The Hall–Kier alpha value is -3.87. The Bertz CT molecular complexity index is 1110. The Morgan fingerprint density at radius 1 is 0.939 bits per heavy atom. The molecule has 3 aromatic carbocycles. The Morgan fingerprint density at radius 2 is 1.61 bits per heavy atom. The van der Waals surface area contributed by atoms with Crippen LogP contribution in [0.4, 0.5) is 10.1 Å². The number of hydrogen-bond donors (Lipinski definition) is 1. The van der Waals surface area contributed by atoms with E-state index in [1.165, 1.54) is 23.1 Å². The van der Waals surface area contributed by atoms with Crippen LogP contribution in [0.5, 0.6) is 11.5 Å². The molecule has 33 heavy (non-hydrogen) atoms. The van der Waals surface area contributed by atoms with Crippen molar-refractivity contribution in [3.8, 4) is 11.5 Å². The van der Waals surface area contributed by atoms with E-state index in [1.807, 2.05) is 26.0 Å².